The number of urea groups is 1. The van der Waals surface area contributed by atoms with Crippen LogP contribution >= 0.6 is 11.6 Å². The number of piperidine rings is 1. The van der Waals surface area contributed by atoms with Gasteiger partial charge in [-0.25, -0.2) is 9.18 Å². The summed E-state index contributed by atoms with van der Waals surface area (Å²) in [7, 11) is 0. The first-order chi connectivity index (χ1) is 12.9. The maximum atomic E-state index is 13.3. The highest BCUT2D eigenvalue weighted by Crippen LogP contribution is 2.23. The molecule has 27 heavy (non-hydrogen) atoms. The first-order valence-electron chi connectivity index (χ1n) is 8.74. The summed E-state index contributed by atoms with van der Waals surface area (Å²) in [5, 5.41) is 2.71. The van der Waals surface area contributed by atoms with Gasteiger partial charge in [-0.15, -0.1) is 0 Å². The minimum absolute atomic E-state index is 0.0384. The van der Waals surface area contributed by atoms with Gasteiger partial charge in [0.1, 0.15) is 11.6 Å². The molecule has 1 aliphatic heterocycles. The Balaban J connectivity index is 1.73. The summed E-state index contributed by atoms with van der Waals surface area (Å²) >= 11 is 5.79. The fourth-order valence-corrected chi connectivity index (χ4v) is 3.38. The molecule has 0 radical (unpaired) electrons. The van der Waals surface area contributed by atoms with Gasteiger partial charge in [0.2, 0.25) is 5.91 Å². The summed E-state index contributed by atoms with van der Waals surface area (Å²) in [6, 6.07) is 7.25. The van der Waals surface area contributed by atoms with Gasteiger partial charge in [0, 0.05) is 31.7 Å². The minimum Gasteiger partial charge on any atom is -0.467 e. The number of benzene rings is 1. The van der Waals surface area contributed by atoms with Crippen LogP contribution in [0.1, 0.15) is 25.5 Å². The zero-order valence-electron chi connectivity index (χ0n) is 15.0. The van der Waals surface area contributed by atoms with Crippen LogP contribution in [-0.4, -0.2) is 40.9 Å². The zero-order valence-corrected chi connectivity index (χ0v) is 15.7. The van der Waals surface area contributed by atoms with Crippen LogP contribution in [0.25, 0.3) is 0 Å². The smallest absolute Gasteiger partial charge is 0.322 e. The maximum Gasteiger partial charge on any atom is 0.322 e. The van der Waals surface area contributed by atoms with E-state index in [1.807, 2.05) is 0 Å². The average molecular weight is 394 g/mol. The molecule has 1 aromatic carbocycles. The Bertz CT molecular complexity index is 805. The van der Waals surface area contributed by atoms with Crippen LogP contribution in [0.5, 0.6) is 0 Å². The van der Waals surface area contributed by atoms with Gasteiger partial charge >= 0.3 is 6.03 Å². The Kier molecular flexibility index (Phi) is 6.01. The number of rotatable bonds is 4. The molecule has 0 bridgehead atoms. The van der Waals surface area contributed by atoms with Crippen molar-refractivity contribution in [1.82, 2.24) is 9.80 Å². The molecule has 144 valence electrons. The topological polar surface area (TPSA) is 65.8 Å². The molecular weight excluding hydrogens is 373 g/mol. The van der Waals surface area contributed by atoms with Crippen LogP contribution in [0.15, 0.2) is 41.0 Å². The lowest BCUT2D eigenvalue weighted by molar-refractivity contribution is -0.130. The molecule has 1 fully saturated rings. The summed E-state index contributed by atoms with van der Waals surface area (Å²) in [5.41, 5.74) is 0.414. The summed E-state index contributed by atoms with van der Waals surface area (Å²) < 4.78 is 18.7. The van der Waals surface area contributed by atoms with Crippen molar-refractivity contribution in [2.45, 2.75) is 32.4 Å². The van der Waals surface area contributed by atoms with E-state index < -0.39 is 5.82 Å². The Morgan fingerprint density at radius 3 is 2.67 bits per heavy atom. The van der Waals surface area contributed by atoms with Crippen molar-refractivity contribution in [1.29, 1.82) is 0 Å². The van der Waals surface area contributed by atoms with Crippen LogP contribution in [0.2, 0.25) is 5.02 Å². The van der Waals surface area contributed by atoms with Gasteiger partial charge in [0.05, 0.1) is 17.8 Å². The lowest BCUT2D eigenvalue weighted by atomic mass is 10.0. The first kappa shape index (κ1) is 19.2. The number of amides is 3. The average Bonchev–Trinajstić information content (AvgIpc) is 3.16. The number of furan rings is 1. The predicted octanol–water partition coefficient (Wildman–Crippen LogP) is 4.12. The Morgan fingerprint density at radius 1 is 1.33 bits per heavy atom. The normalized spacial score (nSPS) is 14.9. The highest BCUT2D eigenvalue weighted by molar-refractivity contribution is 6.31. The second-order valence-electron chi connectivity index (χ2n) is 6.50. The van der Waals surface area contributed by atoms with Crippen molar-refractivity contribution in [2.75, 3.05) is 18.4 Å². The highest BCUT2D eigenvalue weighted by Gasteiger charge is 2.29. The number of carbonyl (C=O) groups is 2. The molecular formula is C19H21ClFN3O3. The number of nitrogens with one attached hydrogen (secondary N) is 1. The van der Waals surface area contributed by atoms with Gasteiger partial charge in [-0.1, -0.05) is 11.6 Å². The van der Waals surface area contributed by atoms with Crippen molar-refractivity contribution in [2.24, 2.45) is 0 Å². The van der Waals surface area contributed by atoms with Crippen molar-refractivity contribution < 1.29 is 18.4 Å². The largest absolute Gasteiger partial charge is 0.467 e. The Hall–Kier alpha value is -2.54. The number of nitrogens with zero attached hydrogens (tertiary/aromatic N) is 2. The fourth-order valence-electron chi connectivity index (χ4n) is 3.20. The van der Waals surface area contributed by atoms with Crippen LogP contribution in [0.3, 0.4) is 0 Å². The van der Waals surface area contributed by atoms with Crippen molar-refractivity contribution in [3.05, 3.63) is 53.2 Å². The number of hydrogen-bond acceptors (Lipinski definition) is 3. The van der Waals surface area contributed by atoms with Crippen LogP contribution in [0.4, 0.5) is 14.9 Å². The molecule has 2 aromatic rings. The van der Waals surface area contributed by atoms with Gasteiger partial charge in [-0.2, -0.15) is 0 Å². The minimum atomic E-state index is -0.543. The van der Waals surface area contributed by atoms with Crippen LogP contribution < -0.4 is 5.32 Å². The third-order valence-corrected chi connectivity index (χ3v) is 4.98. The number of likely N-dealkylation sites (tertiary alicyclic amines) is 1. The van der Waals surface area contributed by atoms with Crippen molar-refractivity contribution in [3.8, 4) is 0 Å². The Labute approximate surface area is 161 Å². The molecule has 0 saturated carbocycles. The van der Waals surface area contributed by atoms with E-state index in [-0.39, 0.29) is 23.0 Å². The molecule has 3 rings (SSSR count). The molecule has 1 aromatic heterocycles. The number of anilines is 1. The summed E-state index contributed by atoms with van der Waals surface area (Å²) in [6.07, 6.45) is 2.92. The second-order valence-corrected chi connectivity index (χ2v) is 6.91. The molecule has 0 spiro atoms. The van der Waals surface area contributed by atoms with E-state index in [1.165, 1.54) is 18.2 Å². The molecule has 1 saturated heterocycles. The molecule has 0 aliphatic carbocycles. The van der Waals surface area contributed by atoms with Crippen LogP contribution in [-0.2, 0) is 11.3 Å². The third kappa shape index (κ3) is 4.80. The third-order valence-electron chi connectivity index (χ3n) is 4.69. The van der Waals surface area contributed by atoms with E-state index in [2.05, 4.69) is 5.32 Å². The lowest BCUT2D eigenvalue weighted by Gasteiger charge is -2.38. The van der Waals surface area contributed by atoms with Gasteiger partial charge in [0.25, 0.3) is 0 Å². The molecule has 3 amide bonds. The molecule has 0 atom stereocenters. The summed E-state index contributed by atoms with van der Waals surface area (Å²) in [4.78, 5) is 27.9. The van der Waals surface area contributed by atoms with Gasteiger partial charge in [-0.05, 0) is 43.2 Å². The first-order valence-corrected chi connectivity index (χ1v) is 9.12. The van der Waals surface area contributed by atoms with E-state index >= 15 is 0 Å². The van der Waals surface area contributed by atoms with Gasteiger partial charge in [-0.3, -0.25) is 4.79 Å². The molecule has 2 heterocycles. The monoisotopic (exact) mass is 393 g/mol. The van der Waals surface area contributed by atoms with E-state index in [0.717, 1.165) is 0 Å². The van der Waals surface area contributed by atoms with E-state index in [9.17, 15) is 14.0 Å². The highest BCUT2D eigenvalue weighted by atomic mass is 35.5. The second kappa shape index (κ2) is 8.43. The van der Waals surface area contributed by atoms with Crippen LogP contribution in [0, 0.1) is 5.82 Å². The number of hydrogen-bond donors (Lipinski definition) is 1. The molecule has 1 aliphatic rings. The number of halogens is 2. The molecule has 6 nitrogen and oxygen atoms in total. The zero-order chi connectivity index (χ0) is 19.4. The standard InChI is InChI=1S/C19H21ClFN3O3/c1-13(25)23-8-6-15(7-9-23)24(12-16-3-2-10-27-16)19(26)22-14-4-5-18(21)17(20)11-14/h2-5,10-11,15H,6-9,12H2,1H3,(H,22,26). The SMILES string of the molecule is CC(=O)N1CCC(N(Cc2ccco2)C(=O)Nc2ccc(F)c(Cl)c2)CC1. The summed E-state index contributed by atoms with van der Waals surface area (Å²) in [5.74, 6) is 0.159. The molecule has 0 unspecified atom stereocenters. The van der Waals surface area contributed by atoms with Gasteiger partial charge in [0.15, 0.2) is 0 Å². The Morgan fingerprint density at radius 2 is 2.07 bits per heavy atom. The van der Waals surface area contributed by atoms with E-state index in [0.29, 0.717) is 43.9 Å². The van der Waals surface area contributed by atoms with Gasteiger partial charge < -0.3 is 19.5 Å². The quantitative estimate of drug-likeness (QED) is 0.849. The van der Waals surface area contributed by atoms with Crippen molar-refractivity contribution in [3.63, 3.8) is 0 Å². The maximum absolute atomic E-state index is 13.3. The van der Waals surface area contributed by atoms with E-state index in [4.69, 9.17) is 16.0 Å². The molecule has 8 heteroatoms. The summed E-state index contributed by atoms with van der Waals surface area (Å²) in [6.45, 7) is 3.05. The lowest BCUT2D eigenvalue weighted by Crippen LogP contribution is -2.49. The van der Waals surface area contributed by atoms with E-state index in [1.54, 1.807) is 35.1 Å². The van der Waals surface area contributed by atoms with Crippen molar-refractivity contribution >= 4 is 29.2 Å². The number of carbonyl (C=O) groups excluding carboxylic acids is 2. The fraction of sp³-hybridized carbons (Fsp3) is 0.368. The predicted molar refractivity (Wildman–Crippen MR) is 100.0 cm³/mol. The molecule has 1 N–H and O–H groups in total.